The number of rotatable bonds is 8. The van der Waals surface area contributed by atoms with Crippen LogP contribution in [0.4, 0.5) is 11.5 Å². The molecule has 1 fully saturated rings. The molecular formula is C28H28ClN5O5. The Morgan fingerprint density at radius 3 is 2.33 bits per heavy atom. The number of piperidine rings is 1. The molecule has 1 saturated heterocycles. The van der Waals surface area contributed by atoms with Gasteiger partial charge < -0.3 is 25.4 Å². The second kappa shape index (κ2) is 12.4. The van der Waals surface area contributed by atoms with Crippen LogP contribution >= 0.6 is 11.6 Å². The molecule has 0 bridgehead atoms. The lowest BCUT2D eigenvalue weighted by molar-refractivity contribution is -0.139. The Labute approximate surface area is 230 Å². The molecule has 202 valence electrons. The average Bonchev–Trinajstić information content (AvgIpc) is 2.94. The number of benzene rings is 2. The van der Waals surface area contributed by atoms with Gasteiger partial charge in [-0.05, 0) is 56.0 Å². The summed E-state index contributed by atoms with van der Waals surface area (Å²) in [7, 11) is 0. The van der Waals surface area contributed by atoms with E-state index in [0.717, 1.165) is 37.9 Å². The first-order valence-electron chi connectivity index (χ1n) is 12.4. The normalized spacial score (nSPS) is 12.9. The number of halogens is 1. The minimum atomic E-state index is -1.24. The number of amides is 2. The fraction of sp³-hybridized carbons (Fsp3) is 0.250. The lowest BCUT2D eigenvalue weighted by Crippen LogP contribution is -2.35. The number of ether oxygens (including phenoxy) is 1. The van der Waals surface area contributed by atoms with Gasteiger partial charge in [0.1, 0.15) is 17.4 Å². The highest BCUT2D eigenvalue weighted by molar-refractivity contribution is 6.31. The van der Waals surface area contributed by atoms with E-state index < -0.39 is 24.4 Å². The first-order valence-corrected chi connectivity index (χ1v) is 12.8. The number of carboxylic acids is 1. The van der Waals surface area contributed by atoms with Gasteiger partial charge in [-0.3, -0.25) is 15.0 Å². The van der Waals surface area contributed by atoms with Gasteiger partial charge in [0.15, 0.2) is 6.61 Å². The summed E-state index contributed by atoms with van der Waals surface area (Å²) < 4.78 is 5.36. The molecule has 10 nitrogen and oxygen atoms in total. The summed E-state index contributed by atoms with van der Waals surface area (Å²) >= 11 is 6.21. The lowest BCUT2D eigenvalue weighted by Gasteiger charge is -2.29. The standard InChI is InChI=1S/C28H28ClN5O5/c1-17-5-10-23(31-15-17)32-28(38)21-13-20(29)14-22(39-16-24(35)36)25(21)33-27(37)19-8-6-18(7-9-19)26(30)34-11-3-2-4-12-34/h5-10,13-15,30H,2-4,11-12,16H2,1H3,(H,33,37)(H,35,36)(H,31,32,38). The molecule has 0 aliphatic carbocycles. The fourth-order valence-corrected chi connectivity index (χ4v) is 4.34. The number of carbonyl (C=O) groups is 3. The van der Waals surface area contributed by atoms with Crippen LogP contribution in [0, 0.1) is 12.3 Å². The van der Waals surface area contributed by atoms with Gasteiger partial charge in [-0.2, -0.15) is 0 Å². The highest BCUT2D eigenvalue weighted by atomic mass is 35.5. The highest BCUT2D eigenvalue weighted by Crippen LogP contribution is 2.34. The quantitative estimate of drug-likeness (QED) is 0.233. The number of hydrogen-bond acceptors (Lipinski definition) is 6. The number of anilines is 2. The number of nitrogens with one attached hydrogen (secondary N) is 3. The average molecular weight is 550 g/mol. The zero-order valence-corrected chi connectivity index (χ0v) is 22.0. The number of carbonyl (C=O) groups excluding carboxylic acids is 2. The molecule has 3 aromatic rings. The molecule has 2 aromatic carbocycles. The van der Waals surface area contributed by atoms with E-state index in [9.17, 15) is 14.4 Å². The zero-order chi connectivity index (χ0) is 27.9. The molecule has 2 amide bonds. The van der Waals surface area contributed by atoms with Crippen LogP contribution in [-0.2, 0) is 4.79 Å². The Balaban J connectivity index is 1.60. The summed E-state index contributed by atoms with van der Waals surface area (Å²) in [6.07, 6.45) is 4.85. The van der Waals surface area contributed by atoms with Gasteiger partial charge >= 0.3 is 5.97 Å². The maximum Gasteiger partial charge on any atom is 0.341 e. The molecule has 39 heavy (non-hydrogen) atoms. The maximum atomic E-state index is 13.2. The van der Waals surface area contributed by atoms with E-state index in [4.69, 9.17) is 26.9 Å². The molecular weight excluding hydrogens is 522 g/mol. The van der Waals surface area contributed by atoms with Crippen molar-refractivity contribution in [3.05, 3.63) is 82.0 Å². The number of nitrogens with zero attached hydrogens (tertiary/aromatic N) is 2. The largest absolute Gasteiger partial charge is 0.480 e. The second-order valence-corrected chi connectivity index (χ2v) is 9.55. The Bertz CT molecular complexity index is 1390. The summed E-state index contributed by atoms with van der Waals surface area (Å²) in [5, 5.41) is 23.0. The number of likely N-dealkylation sites (tertiary alicyclic amines) is 1. The Hall–Kier alpha value is -4.44. The van der Waals surface area contributed by atoms with Crippen molar-refractivity contribution in [1.82, 2.24) is 9.88 Å². The van der Waals surface area contributed by atoms with Crippen molar-refractivity contribution in [3.8, 4) is 5.75 Å². The van der Waals surface area contributed by atoms with E-state index in [1.165, 1.54) is 12.1 Å². The third-order valence-electron chi connectivity index (χ3n) is 6.15. The van der Waals surface area contributed by atoms with E-state index in [-0.39, 0.29) is 33.4 Å². The van der Waals surface area contributed by atoms with Crippen molar-refractivity contribution in [2.24, 2.45) is 0 Å². The van der Waals surface area contributed by atoms with Crippen molar-refractivity contribution < 1.29 is 24.2 Å². The van der Waals surface area contributed by atoms with Gasteiger partial charge in [0.2, 0.25) is 0 Å². The molecule has 0 atom stereocenters. The van der Waals surface area contributed by atoms with Crippen LogP contribution in [0.15, 0.2) is 54.7 Å². The van der Waals surface area contributed by atoms with Gasteiger partial charge in [-0.15, -0.1) is 0 Å². The van der Waals surface area contributed by atoms with Gasteiger partial charge in [-0.25, -0.2) is 9.78 Å². The molecule has 1 aromatic heterocycles. The van der Waals surface area contributed by atoms with Crippen molar-refractivity contribution in [2.45, 2.75) is 26.2 Å². The summed E-state index contributed by atoms with van der Waals surface area (Å²) in [5.74, 6) is -1.82. The molecule has 1 aliphatic rings. The summed E-state index contributed by atoms with van der Waals surface area (Å²) in [6, 6.07) is 12.7. The number of amidine groups is 1. The van der Waals surface area contributed by atoms with E-state index >= 15 is 0 Å². The molecule has 0 radical (unpaired) electrons. The van der Waals surface area contributed by atoms with Crippen molar-refractivity contribution in [2.75, 3.05) is 30.3 Å². The number of aryl methyl sites for hydroxylation is 1. The van der Waals surface area contributed by atoms with Crippen molar-refractivity contribution in [1.29, 1.82) is 5.41 Å². The molecule has 1 aliphatic heterocycles. The Morgan fingerprint density at radius 2 is 1.69 bits per heavy atom. The first-order chi connectivity index (χ1) is 18.7. The SMILES string of the molecule is Cc1ccc(NC(=O)c2cc(Cl)cc(OCC(=O)O)c2NC(=O)c2ccc(C(=N)N3CCCCC3)cc2)nc1. The molecule has 4 rings (SSSR count). The Kier molecular flexibility index (Phi) is 8.77. The smallest absolute Gasteiger partial charge is 0.341 e. The summed E-state index contributed by atoms with van der Waals surface area (Å²) in [5.41, 5.74) is 1.79. The lowest BCUT2D eigenvalue weighted by atomic mass is 10.1. The van der Waals surface area contributed by atoms with Crippen LogP contribution in [-0.4, -0.2) is 58.3 Å². The molecule has 2 heterocycles. The summed E-state index contributed by atoms with van der Waals surface area (Å²) in [6.45, 7) is 2.81. The topological polar surface area (TPSA) is 145 Å². The van der Waals surface area contributed by atoms with E-state index in [2.05, 4.69) is 15.6 Å². The predicted octanol–water partition coefficient (Wildman–Crippen LogP) is 4.82. The van der Waals surface area contributed by atoms with Gasteiger partial charge in [-0.1, -0.05) is 29.8 Å². The van der Waals surface area contributed by atoms with E-state index in [0.29, 0.717) is 11.4 Å². The molecule has 0 spiro atoms. The Morgan fingerprint density at radius 1 is 1.00 bits per heavy atom. The highest BCUT2D eigenvalue weighted by Gasteiger charge is 2.22. The number of aromatic nitrogens is 1. The predicted molar refractivity (Wildman–Crippen MR) is 148 cm³/mol. The number of aliphatic carboxylic acids is 1. The van der Waals surface area contributed by atoms with Crippen LogP contribution in [0.25, 0.3) is 0 Å². The number of hydrogen-bond donors (Lipinski definition) is 4. The van der Waals surface area contributed by atoms with Crippen molar-refractivity contribution >= 4 is 46.7 Å². The van der Waals surface area contributed by atoms with Crippen LogP contribution < -0.4 is 15.4 Å². The van der Waals surface area contributed by atoms with Crippen LogP contribution in [0.5, 0.6) is 5.75 Å². The second-order valence-electron chi connectivity index (χ2n) is 9.11. The van der Waals surface area contributed by atoms with Gasteiger partial charge in [0.05, 0.1) is 11.3 Å². The monoisotopic (exact) mass is 549 g/mol. The van der Waals surface area contributed by atoms with Gasteiger partial charge in [0.25, 0.3) is 11.8 Å². The minimum absolute atomic E-state index is 0.0397. The number of pyridine rings is 1. The molecule has 0 unspecified atom stereocenters. The van der Waals surface area contributed by atoms with Gasteiger partial charge in [0, 0.05) is 41.5 Å². The van der Waals surface area contributed by atoms with Crippen LogP contribution in [0.2, 0.25) is 5.02 Å². The fourth-order valence-electron chi connectivity index (χ4n) is 4.13. The molecule has 11 heteroatoms. The van der Waals surface area contributed by atoms with Crippen LogP contribution in [0.3, 0.4) is 0 Å². The van der Waals surface area contributed by atoms with E-state index in [1.807, 2.05) is 11.8 Å². The molecule has 0 saturated carbocycles. The third-order valence-corrected chi connectivity index (χ3v) is 6.37. The maximum absolute atomic E-state index is 13.2. The molecule has 4 N–H and O–H groups in total. The van der Waals surface area contributed by atoms with E-state index in [1.54, 1.807) is 42.6 Å². The number of carboxylic acid groups (broad SMARTS) is 1. The third kappa shape index (κ3) is 7.11. The first kappa shape index (κ1) is 27.6. The summed E-state index contributed by atoms with van der Waals surface area (Å²) in [4.78, 5) is 43.7. The van der Waals surface area contributed by atoms with Crippen LogP contribution in [0.1, 0.15) is 51.1 Å². The zero-order valence-electron chi connectivity index (χ0n) is 21.3. The van der Waals surface area contributed by atoms with Crippen molar-refractivity contribution in [3.63, 3.8) is 0 Å². The minimum Gasteiger partial charge on any atom is -0.480 e.